The van der Waals surface area contributed by atoms with Crippen molar-refractivity contribution in [2.24, 2.45) is 10.4 Å². The van der Waals surface area contributed by atoms with Crippen molar-refractivity contribution >= 4 is 5.96 Å². The van der Waals surface area contributed by atoms with E-state index in [1.165, 1.54) is 70.9 Å². The average molecular weight is 367 g/mol. The van der Waals surface area contributed by atoms with Crippen LogP contribution in [0.15, 0.2) is 4.99 Å². The molecule has 5 nitrogen and oxygen atoms in total. The van der Waals surface area contributed by atoms with Crippen LogP contribution in [0, 0.1) is 5.41 Å². The van der Waals surface area contributed by atoms with Crippen molar-refractivity contribution < 1.29 is 4.74 Å². The minimum atomic E-state index is 0.401. The molecule has 2 fully saturated rings. The van der Waals surface area contributed by atoms with Gasteiger partial charge in [-0.05, 0) is 70.4 Å². The Hall–Kier alpha value is -0.810. The van der Waals surface area contributed by atoms with E-state index in [0.29, 0.717) is 5.41 Å². The largest absolute Gasteiger partial charge is 0.385 e. The molecular weight excluding hydrogens is 324 g/mol. The lowest BCUT2D eigenvalue weighted by molar-refractivity contribution is 0.138. The molecule has 0 aromatic carbocycles. The van der Waals surface area contributed by atoms with Crippen LogP contribution in [-0.4, -0.2) is 63.8 Å². The van der Waals surface area contributed by atoms with Crippen LogP contribution in [0.5, 0.6) is 0 Å². The summed E-state index contributed by atoms with van der Waals surface area (Å²) < 4.78 is 5.33. The Morgan fingerprint density at radius 1 is 1.15 bits per heavy atom. The number of aliphatic imine (C=N–C) groups is 1. The molecule has 5 heteroatoms. The summed E-state index contributed by atoms with van der Waals surface area (Å²) in [6.07, 6.45) is 13.1. The van der Waals surface area contributed by atoms with E-state index < -0.39 is 0 Å². The molecule has 1 atom stereocenters. The van der Waals surface area contributed by atoms with Crippen molar-refractivity contribution in [2.45, 2.75) is 77.2 Å². The Balaban J connectivity index is 1.61. The van der Waals surface area contributed by atoms with E-state index in [1.54, 1.807) is 7.11 Å². The molecule has 0 spiro atoms. The van der Waals surface area contributed by atoms with Gasteiger partial charge in [-0.3, -0.25) is 4.99 Å². The van der Waals surface area contributed by atoms with Crippen molar-refractivity contribution in [1.82, 2.24) is 15.5 Å². The summed E-state index contributed by atoms with van der Waals surface area (Å²) in [6, 6.07) is 0.779. The number of rotatable bonds is 10. The average Bonchev–Trinajstić information content (AvgIpc) is 3.13. The van der Waals surface area contributed by atoms with Gasteiger partial charge in [-0.25, -0.2) is 0 Å². The number of ether oxygens (including phenoxy) is 1. The Labute approximate surface area is 161 Å². The minimum Gasteiger partial charge on any atom is -0.385 e. The Morgan fingerprint density at radius 3 is 2.65 bits per heavy atom. The summed E-state index contributed by atoms with van der Waals surface area (Å²) in [4.78, 5) is 7.08. The van der Waals surface area contributed by atoms with E-state index in [1.807, 2.05) is 7.05 Å². The van der Waals surface area contributed by atoms with Crippen molar-refractivity contribution in [1.29, 1.82) is 0 Å². The highest BCUT2D eigenvalue weighted by Crippen LogP contribution is 2.40. The fourth-order valence-corrected chi connectivity index (χ4v) is 4.59. The molecule has 1 saturated heterocycles. The number of methoxy groups -OCH3 is 1. The van der Waals surface area contributed by atoms with E-state index >= 15 is 0 Å². The maximum absolute atomic E-state index is 5.33. The van der Waals surface area contributed by atoms with Gasteiger partial charge in [0.1, 0.15) is 0 Å². The minimum absolute atomic E-state index is 0.401. The number of likely N-dealkylation sites (tertiary alicyclic amines) is 1. The molecule has 1 heterocycles. The topological polar surface area (TPSA) is 48.9 Å². The molecular formula is C21H42N4O. The van der Waals surface area contributed by atoms with E-state index in [2.05, 4.69) is 27.4 Å². The van der Waals surface area contributed by atoms with Crippen LogP contribution in [0.2, 0.25) is 0 Å². The first-order chi connectivity index (χ1) is 12.7. The van der Waals surface area contributed by atoms with Crippen LogP contribution in [0.3, 0.4) is 0 Å². The van der Waals surface area contributed by atoms with Gasteiger partial charge in [0.2, 0.25) is 0 Å². The number of nitrogens with zero attached hydrogens (tertiary/aromatic N) is 2. The maximum Gasteiger partial charge on any atom is 0.190 e. The van der Waals surface area contributed by atoms with E-state index in [4.69, 9.17) is 4.74 Å². The zero-order chi connectivity index (χ0) is 18.7. The predicted octanol–water partition coefficient (Wildman–Crippen LogP) is 3.40. The van der Waals surface area contributed by atoms with Gasteiger partial charge in [0.15, 0.2) is 5.96 Å². The molecule has 152 valence electrons. The number of guanidine groups is 1. The van der Waals surface area contributed by atoms with Crippen molar-refractivity contribution in [3.63, 3.8) is 0 Å². The lowest BCUT2D eigenvalue weighted by Crippen LogP contribution is -2.43. The van der Waals surface area contributed by atoms with Gasteiger partial charge in [0.25, 0.3) is 0 Å². The van der Waals surface area contributed by atoms with Gasteiger partial charge in [0, 0.05) is 39.9 Å². The molecule has 0 amide bonds. The lowest BCUT2D eigenvalue weighted by atomic mass is 9.83. The maximum atomic E-state index is 5.33. The number of hydrogen-bond acceptors (Lipinski definition) is 3. The molecule has 2 N–H and O–H groups in total. The summed E-state index contributed by atoms with van der Waals surface area (Å²) in [5.74, 6) is 0.958. The summed E-state index contributed by atoms with van der Waals surface area (Å²) in [6.45, 7) is 7.80. The number of hydrogen-bond donors (Lipinski definition) is 2. The van der Waals surface area contributed by atoms with Crippen LogP contribution in [0.4, 0.5) is 0 Å². The van der Waals surface area contributed by atoms with Gasteiger partial charge < -0.3 is 20.3 Å². The molecule has 0 radical (unpaired) electrons. The quantitative estimate of drug-likeness (QED) is 0.353. The highest BCUT2D eigenvalue weighted by Gasteiger charge is 2.33. The highest BCUT2D eigenvalue weighted by atomic mass is 16.5. The molecule has 0 bridgehead atoms. The van der Waals surface area contributed by atoms with Crippen LogP contribution in [0.25, 0.3) is 0 Å². The molecule has 2 aliphatic rings. The van der Waals surface area contributed by atoms with E-state index in [-0.39, 0.29) is 0 Å². The summed E-state index contributed by atoms with van der Waals surface area (Å²) in [7, 11) is 3.68. The Kier molecular flexibility index (Phi) is 9.76. The molecule has 2 rings (SSSR count). The zero-order valence-electron chi connectivity index (χ0n) is 17.5. The first-order valence-corrected chi connectivity index (χ1v) is 10.9. The van der Waals surface area contributed by atoms with Crippen molar-refractivity contribution in [3.05, 3.63) is 0 Å². The normalized spacial score (nSPS) is 24.0. The van der Waals surface area contributed by atoms with Crippen LogP contribution < -0.4 is 10.6 Å². The molecule has 0 aromatic rings. The number of nitrogens with one attached hydrogen (secondary N) is 2. The van der Waals surface area contributed by atoms with Gasteiger partial charge in [0.05, 0.1) is 0 Å². The number of piperidine rings is 1. The van der Waals surface area contributed by atoms with Crippen LogP contribution in [-0.2, 0) is 4.74 Å². The summed E-state index contributed by atoms with van der Waals surface area (Å²) >= 11 is 0. The second-order valence-corrected chi connectivity index (χ2v) is 8.39. The third-order valence-electron chi connectivity index (χ3n) is 6.46. The third kappa shape index (κ3) is 7.07. The highest BCUT2D eigenvalue weighted by molar-refractivity contribution is 5.79. The SMILES string of the molecule is CN=C(NCCCCN1CCCCC1C)NCC1(CCOC)CCCC1. The van der Waals surface area contributed by atoms with Gasteiger partial charge >= 0.3 is 0 Å². The Morgan fingerprint density at radius 2 is 1.96 bits per heavy atom. The van der Waals surface area contributed by atoms with Crippen LogP contribution >= 0.6 is 0 Å². The van der Waals surface area contributed by atoms with Gasteiger partial charge in [-0.15, -0.1) is 0 Å². The standard InChI is InChI=1S/C21H42N4O/c1-19-10-4-8-15-25(19)16-9-7-14-23-20(22-2)24-18-21(13-17-26-3)11-5-6-12-21/h19H,4-18H2,1-3H3,(H2,22,23,24). The second-order valence-electron chi connectivity index (χ2n) is 8.39. The second kappa shape index (κ2) is 11.8. The fourth-order valence-electron chi connectivity index (χ4n) is 4.59. The predicted molar refractivity (Wildman–Crippen MR) is 111 cm³/mol. The smallest absolute Gasteiger partial charge is 0.190 e. The molecule has 26 heavy (non-hydrogen) atoms. The molecule has 1 saturated carbocycles. The van der Waals surface area contributed by atoms with E-state index in [9.17, 15) is 0 Å². The lowest BCUT2D eigenvalue weighted by Gasteiger charge is -2.33. The van der Waals surface area contributed by atoms with Gasteiger partial charge in [-0.2, -0.15) is 0 Å². The molecule has 1 unspecified atom stereocenters. The molecule has 1 aliphatic carbocycles. The third-order valence-corrected chi connectivity index (χ3v) is 6.46. The number of unbranched alkanes of at least 4 members (excludes halogenated alkanes) is 1. The van der Waals surface area contributed by atoms with E-state index in [0.717, 1.165) is 38.1 Å². The summed E-state index contributed by atoms with van der Waals surface area (Å²) in [5.41, 5.74) is 0.401. The van der Waals surface area contributed by atoms with Crippen molar-refractivity contribution in [2.75, 3.05) is 46.9 Å². The van der Waals surface area contributed by atoms with Crippen LogP contribution in [0.1, 0.15) is 71.1 Å². The first kappa shape index (κ1) is 21.5. The fraction of sp³-hybridized carbons (Fsp3) is 0.952. The first-order valence-electron chi connectivity index (χ1n) is 10.9. The zero-order valence-corrected chi connectivity index (χ0v) is 17.5. The van der Waals surface area contributed by atoms with Crippen molar-refractivity contribution in [3.8, 4) is 0 Å². The van der Waals surface area contributed by atoms with Gasteiger partial charge in [-0.1, -0.05) is 19.3 Å². The Bertz CT molecular complexity index is 407. The summed E-state index contributed by atoms with van der Waals surface area (Å²) in [5, 5.41) is 7.09. The molecule has 0 aromatic heterocycles. The monoisotopic (exact) mass is 366 g/mol. The molecule has 1 aliphatic heterocycles.